The highest BCUT2D eigenvalue weighted by molar-refractivity contribution is 7.99. The lowest BCUT2D eigenvalue weighted by atomic mass is 10.4. The van der Waals surface area contributed by atoms with Crippen LogP contribution in [0.25, 0.3) is 0 Å². The van der Waals surface area contributed by atoms with Gasteiger partial charge >= 0.3 is 0 Å². The van der Waals surface area contributed by atoms with E-state index in [-0.39, 0.29) is 10.2 Å². The summed E-state index contributed by atoms with van der Waals surface area (Å²) >= 11 is 25.2. The zero-order chi connectivity index (χ0) is 13.3. The average Bonchev–Trinajstić information content (AvgIpc) is 2.32. The molecule has 1 aromatic heterocycles. The lowest BCUT2D eigenvalue weighted by molar-refractivity contribution is 1.15. The fourth-order valence-corrected chi connectivity index (χ4v) is 3.31. The van der Waals surface area contributed by atoms with Gasteiger partial charge in [-0.1, -0.05) is 58.2 Å². The zero-order valence-electron chi connectivity index (χ0n) is 8.29. The molecule has 1 aromatic carbocycles. The number of benzene rings is 1. The second-order valence-electron chi connectivity index (χ2n) is 2.99. The maximum atomic E-state index is 11.7. The SMILES string of the molecule is O=c1c(Cl)nsnc1Sc1cc(Cl)c(Cl)cc1Cl. The maximum absolute atomic E-state index is 11.7. The largest absolute Gasteiger partial charge is 0.283 e. The lowest BCUT2D eigenvalue weighted by Gasteiger charge is -2.04. The Morgan fingerprint density at radius 2 is 1.67 bits per heavy atom. The third kappa shape index (κ3) is 3.10. The van der Waals surface area contributed by atoms with E-state index in [4.69, 9.17) is 46.4 Å². The molecular weight excluding hydrogens is 358 g/mol. The van der Waals surface area contributed by atoms with Gasteiger partial charge in [0, 0.05) is 4.90 Å². The molecule has 0 spiro atoms. The molecule has 0 aliphatic rings. The van der Waals surface area contributed by atoms with Gasteiger partial charge in [0.1, 0.15) is 0 Å². The molecule has 0 saturated carbocycles. The van der Waals surface area contributed by atoms with Crippen molar-refractivity contribution in [2.75, 3.05) is 0 Å². The summed E-state index contributed by atoms with van der Waals surface area (Å²) in [5.74, 6) is 0. The Labute approximate surface area is 130 Å². The van der Waals surface area contributed by atoms with Crippen molar-refractivity contribution in [3.8, 4) is 0 Å². The number of rotatable bonds is 2. The van der Waals surface area contributed by atoms with Crippen LogP contribution < -0.4 is 5.43 Å². The standard InChI is InChI=1S/C9H2Cl4N2OS2/c10-3-1-5(12)6(2-4(3)11)17-9-7(16)8(13)14-18-15-9/h1-2H. The molecule has 0 radical (unpaired) electrons. The van der Waals surface area contributed by atoms with Crippen molar-refractivity contribution in [2.45, 2.75) is 9.92 Å². The van der Waals surface area contributed by atoms with Gasteiger partial charge < -0.3 is 0 Å². The van der Waals surface area contributed by atoms with Gasteiger partial charge in [-0.3, -0.25) is 4.79 Å². The first-order valence-electron chi connectivity index (χ1n) is 4.34. The summed E-state index contributed by atoms with van der Waals surface area (Å²) in [7, 11) is 0. The fourth-order valence-electron chi connectivity index (χ4n) is 1.02. The van der Waals surface area contributed by atoms with Gasteiger partial charge in [-0.05, 0) is 12.1 Å². The zero-order valence-corrected chi connectivity index (χ0v) is 12.9. The van der Waals surface area contributed by atoms with Crippen LogP contribution in [0.15, 0.2) is 26.8 Å². The van der Waals surface area contributed by atoms with E-state index in [0.717, 1.165) is 23.5 Å². The summed E-state index contributed by atoms with van der Waals surface area (Å²) < 4.78 is 7.51. The van der Waals surface area contributed by atoms with Gasteiger partial charge in [0.2, 0.25) is 5.43 Å². The smallest absolute Gasteiger partial charge is 0.250 e. The van der Waals surface area contributed by atoms with E-state index < -0.39 is 5.43 Å². The predicted molar refractivity (Wildman–Crippen MR) is 76.8 cm³/mol. The van der Waals surface area contributed by atoms with Crippen LogP contribution in [0.2, 0.25) is 20.2 Å². The van der Waals surface area contributed by atoms with Crippen molar-refractivity contribution in [1.82, 2.24) is 8.75 Å². The molecule has 2 aromatic rings. The molecule has 9 heteroatoms. The fraction of sp³-hybridized carbons (Fsp3) is 0. The summed E-state index contributed by atoms with van der Waals surface area (Å²) in [6.45, 7) is 0. The van der Waals surface area contributed by atoms with Gasteiger partial charge in [0.25, 0.3) is 0 Å². The summed E-state index contributed by atoms with van der Waals surface area (Å²) in [5, 5.41) is 1.15. The van der Waals surface area contributed by atoms with Crippen molar-refractivity contribution in [1.29, 1.82) is 0 Å². The summed E-state index contributed by atoms with van der Waals surface area (Å²) in [5.41, 5.74) is -0.442. The van der Waals surface area contributed by atoms with Gasteiger partial charge in [0.15, 0.2) is 10.2 Å². The Kier molecular flexibility index (Phi) is 4.75. The molecule has 0 aliphatic carbocycles. The van der Waals surface area contributed by atoms with E-state index in [9.17, 15) is 4.79 Å². The first kappa shape index (κ1) is 14.4. The Morgan fingerprint density at radius 1 is 1.00 bits per heavy atom. The molecule has 3 nitrogen and oxygen atoms in total. The van der Waals surface area contributed by atoms with Crippen LogP contribution in [0.1, 0.15) is 0 Å². The van der Waals surface area contributed by atoms with Crippen molar-refractivity contribution < 1.29 is 0 Å². The maximum Gasteiger partial charge on any atom is 0.250 e. The van der Waals surface area contributed by atoms with E-state index in [2.05, 4.69) is 8.75 Å². The minimum absolute atomic E-state index is 0.117. The highest BCUT2D eigenvalue weighted by Crippen LogP contribution is 2.36. The first-order valence-corrected chi connectivity index (χ1v) is 7.39. The Morgan fingerprint density at radius 3 is 2.39 bits per heavy atom. The molecule has 0 saturated heterocycles. The average molecular weight is 360 g/mol. The Bertz CT molecular complexity index is 662. The summed E-state index contributed by atoms with van der Waals surface area (Å²) in [6.07, 6.45) is 0. The van der Waals surface area contributed by atoms with Crippen LogP contribution in [0.5, 0.6) is 0 Å². The highest BCUT2D eigenvalue weighted by Gasteiger charge is 2.13. The van der Waals surface area contributed by atoms with Crippen LogP contribution in [-0.4, -0.2) is 8.75 Å². The monoisotopic (exact) mass is 358 g/mol. The number of halogens is 4. The van der Waals surface area contributed by atoms with E-state index in [1.54, 1.807) is 6.07 Å². The molecule has 0 amide bonds. The van der Waals surface area contributed by atoms with Gasteiger partial charge in [-0.25, -0.2) is 0 Å². The topological polar surface area (TPSA) is 42.9 Å². The van der Waals surface area contributed by atoms with Crippen LogP contribution >= 0.6 is 69.9 Å². The van der Waals surface area contributed by atoms with Crippen LogP contribution in [0, 0.1) is 0 Å². The quantitative estimate of drug-likeness (QED) is 0.731. The molecule has 18 heavy (non-hydrogen) atoms. The molecule has 0 bridgehead atoms. The summed E-state index contributed by atoms with van der Waals surface area (Å²) in [6, 6.07) is 3.07. The predicted octanol–water partition coefficient (Wildman–Crippen LogP) is 4.66. The molecule has 1 heterocycles. The second-order valence-corrected chi connectivity index (χ2v) is 6.13. The van der Waals surface area contributed by atoms with Crippen molar-refractivity contribution in [3.63, 3.8) is 0 Å². The third-order valence-corrected chi connectivity index (χ3v) is 4.98. The van der Waals surface area contributed by atoms with Gasteiger partial charge in [-0.2, -0.15) is 8.75 Å². The van der Waals surface area contributed by atoms with Crippen molar-refractivity contribution in [3.05, 3.63) is 42.6 Å². The molecule has 0 N–H and O–H groups in total. The molecule has 2 rings (SSSR count). The van der Waals surface area contributed by atoms with Crippen LogP contribution in [0.3, 0.4) is 0 Å². The highest BCUT2D eigenvalue weighted by atomic mass is 35.5. The normalized spacial score (nSPS) is 10.7. The molecular formula is C9H2Cl4N2OS2. The molecule has 0 aliphatic heterocycles. The Hall–Kier alpha value is -0.0400. The minimum Gasteiger partial charge on any atom is -0.283 e. The van der Waals surface area contributed by atoms with Crippen molar-refractivity contribution in [2.24, 2.45) is 0 Å². The first-order chi connectivity index (χ1) is 8.49. The molecule has 94 valence electrons. The minimum atomic E-state index is -0.442. The van der Waals surface area contributed by atoms with Crippen molar-refractivity contribution >= 4 is 69.9 Å². The van der Waals surface area contributed by atoms with Crippen LogP contribution in [0.4, 0.5) is 0 Å². The number of hydrogen-bond acceptors (Lipinski definition) is 5. The molecule has 0 atom stereocenters. The Balaban J connectivity index is 2.43. The number of hydrogen-bond donors (Lipinski definition) is 0. The number of nitrogens with zero attached hydrogens (tertiary/aromatic N) is 2. The number of aromatic nitrogens is 2. The lowest BCUT2D eigenvalue weighted by Crippen LogP contribution is -2.06. The van der Waals surface area contributed by atoms with Crippen LogP contribution in [-0.2, 0) is 0 Å². The van der Waals surface area contributed by atoms with Gasteiger partial charge in [-0.15, -0.1) is 0 Å². The van der Waals surface area contributed by atoms with E-state index >= 15 is 0 Å². The van der Waals surface area contributed by atoms with E-state index in [1.807, 2.05) is 0 Å². The van der Waals surface area contributed by atoms with E-state index in [0.29, 0.717) is 20.0 Å². The van der Waals surface area contributed by atoms with E-state index in [1.165, 1.54) is 6.07 Å². The molecule has 0 fully saturated rings. The third-order valence-electron chi connectivity index (χ3n) is 1.81. The van der Waals surface area contributed by atoms with Gasteiger partial charge in [0.05, 0.1) is 26.8 Å². The summed E-state index contributed by atoms with van der Waals surface area (Å²) in [4.78, 5) is 12.2. The molecule has 0 unspecified atom stereocenters. The second kappa shape index (κ2) is 5.94.